The summed E-state index contributed by atoms with van der Waals surface area (Å²) < 4.78 is 0.318. The van der Waals surface area contributed by atoms with Crippen molar-refractivity contribution in [2.24, 2.45) is 0 Å². The second-order valence-electron chi connectivity index (χ2n) is 5.71. The highest BCUT2D eigenvalue weighted by molar-refractivity contribution is 8.00. The number of hydrogen-bond acceptors (Lipinski definition) is 2. The van der Waals surface area contributed by atoms with E-state index in [1.807, 2.05) is 12.1 Å². The van der Waals surface area contributed by atoms with Gasteiger partial charge in [0.1, 0.15) is 0 Å². The monoisotopic (exact) mass is 331 g/mol. The van der Waals surface area contributed by atoms with Crippen LogP contribution in [0.2, 0.25) is 10.0 Å². The number of thioether (sulfide) groups is 1. The molecule has 1 aliphatic rings. The average molecular weight is 332 g/mol. The van der Waals surface area contributed by atoms with Gasteiger partial charge in [0, 0.05) is 20.8 Å². The maximum absolute atomic E-state index is 6.34. The van der Waals surface area contributed by atoms with E-state index < -0.39 is 0 Å². The second-order valence-corrected chi connectivity index (χ2v) is 8.18. The molecule has 1 saturated heterocycles. The average Bonchev–Trinajstić information content (AvgIpc) is 2.84. The minimum Gasteiger partial charge on any atom is -0.312 e. The molecule has 112 valence electrons. The molecule has 2 rings (SSSR count). The first kappa shape index (κ1) is 16.5. The molecule has 1 aromatic rings. The lowest BCUT2D eigenvalue weighted by Crippen LogP contribution is -2.47. The van der Waals surface area contributed by atoms with Crippen molar-refractivity contribution in [3.05, 3.63) is 33.8 Å². The predicted octanol–water partition coefficient (Wildman–Crippen LogP) is 5.19. The van der Waals surface area contributed by atoms with Gasteiger partial charge in [-0.05, 0) is 62.6 Å². The molecule has 0 amide bonds. The van der Waals surface area contributed by atoms with Crippen LogP contribution in [0.5, 0.6) is 0 Å². The highest BCUT2D eigenvalue weighted by atomic mass is 35.5. The van der Waals surface area contributed by atoms with Crippen LogP contribution >= 0.6 is 35.0 Å². The van der Waals surface area contributed by atoms with Crippen LogP contribution in [0.3, 0.4) is 0 Å². The van der Waals surface area contributed by atoms with Gasteiger partial charge in [-0.15, -0.1) is 0 Å². The van der Waals surface area contributed by atoms with E-state index in [1.165, 1.54) is 24.2 Å². The zero-order valence-electron chi connectivity index (χ0n) is 12.2. The van der Waals surface area contributed by atoms with Crippen molar-refractivity contribution in [3.8, 4) is 0 Å². The number of rotatable bonds is 6. The molecule has 1 aliphatic heterocycles. The summed E-state index contributed by atoms with van der Waals surface area (Å²) in [7, 11) is 0. The van der Waals surface area contributed by atoms with Gasteiger partial charge >= 0.3 is 0 Å². The van der Waals surface area contributed by atoms with Crippen molar-refractivity contribution in [2.75, 3.05) is 12.3 Å². The highest BCUT2D eigenvalue weighted by Crippen LogP contribution is 2.41. The zero-order chi connectivity index (χ0) is 14.6. The van der Waals surface area contributed by atoms with Crippen molar-refractivity contribution in [2.45, 2.75) is 50.3 Å². The van der Waals surface area contributed by atoms with Crippen molar-refractivity contribution in [3.63, 3.8) is 0 Å². The standard InChI is InChI=1S/C16H23Cl2NS/c1-3-8-19-15(16(2)7-4-9-20-16)10-12-5-6-13(17)11-14(12)18/h5-6,11,15,19H,3-4,7-10H2,1-2H3. The highest BCUT2D eigenvalue weighted by Gasteiger charge is 2.37. The van der Waals surface area contributed by atoms with Crippen molar-refractivity contribution < 1.29 is 0 Å². The van der Waals surface area contributed by atoms with E-state index in [1.54, 1.807) is 0 Å². The summed E-state index contributed by atoms with van der Waals surface area (Å²) in [5, 5.41) is 5.22. The Labute approximate surface area is 136 Å². The Bertz CT molecular complexity index is 444. The quantitative estimate of drug-likeness (QED) is 0.769. The molecule has 4 heteroatoms. The Morgan fingerprint density at radius 2 is 2.20 bits per heavy atom. The zero-order valence-corrected chi connectivity index (χ0v) is 14.5. The first-order valence-corrected chi connectivity index (χ1v) is 9.10. The summed E-state index contributed by atoms with van der Waals surface area (Å²) in [5.41, 5.74) is 1.19. The Morgan fingerprint density at radius 1 is 1.40 bits per heavy atom. The molecule has 1 aromatic carbocycles. The third-order valence-electron chi connectivity index (χ3n) is 4.07. The molecule has 20 heavy (non-hydrogen) atoms. The SMILES string of the molecule is CCCNC(Cc1ccc(Cl)cc1Cl)C1(C)CCCS1. The van der Waals surface area contributed by atoms with Gasteiger partial charge < -0.3 is 5.32 Å². The van der Waals surface area contributed by atoms with Gasteiger partial charge in [0.05, 0.1) is 0 Å². The van der Waals surface area contributed by atoms with Crippen LogP contribution in [0.25, 0.3) is 0 Å². The van der Waals surface area contributed by atoms with Crippen molar-refractivity contribution in [1.29, 1.82) is 0 Å². The molecule has 0 spiro atoms. The van der Waals surface area contributed by atoms with Gasteiger partial charge in [0.2, 0.25) is 0 Å². The van der Waals surface area contributed by atoms with Gasteiger partial charge in [-0.2, -0.15) is 11.8 Å². The third kappa shape index (κ3) is 4.07. The van der Waals surface area contributed by atoms with E-state index in [0.29, 0.717) is 15.8 Å². The fourth-order valence-corrected chi connectivity index (χ4v) is 4.70. The molecule has 2 atom stereocenters. The molecule has 0 bridgehead atoms. The van der Waals surface area contributed by atoms with Crippen LogP contribution in [-0.2, 0) is 6.42 Å². The summed E-state index contributed by atoms with van der Waals surface area (Å²) in [4.78, 5) is 0. The van der Waals surface area contributed by atoms with E-state index in [-0.39, 0.29) is 0 Å². The minimum atomic E-state index is 0.318. The Balaban J connectivity index is 2.14. The summed E-state index contributed by atoms with van der Waals surface area (Å²) in [6.07, 6.45) is 4.73. The smallest absolute Gasteiger partial charge is 0.0453 e. The van der Waals surface area contributed by atoms with Crippen molar-refractivity contribution >= 4 is 35.0 Å². The molecule has 0 saturated carbocycles. The molecule has 0 aliphatic carbocycles. The molecule has 1 nitrogen and oxygen atoms in total. The first-order chi connectivity index (χ1) is 9.55. The minimum absolute atomic E-state index is 0.318. The van der Waals surface area contributed by atoms with E-state index in [4.69, 9.17) is 23.2 Å². The summed E-state index contributed by atoms with van der Waals surface area (Å²) in [6.45, 7) is 5.66. The molecule has 1 N–H and O–H groups in total. The molecule has 0 aromatic heterocycles. The third-order valence-corrected chi connectivity index (χ3v) is 6.29. The van der Waals surface area contributed by atoms with Gasteiger partial charge in [-0.1, -0.05) is 36.2 Å². The van der Waals surface area contributed by atoms with Crippen LogP contribution < -0.4 is 5.32 Å². The summed E-state index contributed by atoms with van der Waals surface area (Å²) in [5.74, 6) is 1.27. The van der Waals surface area contributed by atoms with Crippen LogP contribution in [0.15, 0.2) is 18.2 Å². The Morgan fingerprint density at radius 3 is 2.80 bits per heavy atom. The molecular weight excluding hydrogens is 309 g/mol. The Hall–Kier alpha value is 0.110. The molecule has 0 radical (unpaired) electrons. The molecule has 2 unspecified atom stereocenters. The van der Waals surface area contributed by atoms with Crippen LogP contribution in [0.1, 0.15) is 38.7 Å². The number of nitrogens with one attached hydrogen (secondary N) is 1. The molecular formula is C16H23Cl2NS. The maximum Gasteiger partial charge on any atom is 0.0453 e. The van der Waals surface area contributed by atoms with Crippen LogP contribution in [0, 0.1) is 0 Å². The van der Waals surface area contributed by atoms with E-state index in [0.717, 1.165) is 24.4 Å². The summed E-state index contributed by atoms with van der Waals surface area (Å²) in [6, 6.07) is 6.31. The normalized spacial score (nSPS) is 24.0. The largest absolute Gasteiger partial charge is 0.312 e. The van der Waals surface area contributed by atoms with Crippen LogP contribution in [-0.4, -0.2) is 23.1 Å². The lowest BCUT2D eigenvalue weighted by atomic mass is 9.90. The number of benzene rings is 1. The number of hydrogen-bond donors (Lipinski definition) is 1. The summed E-state index contributed by atoms with van der Waals surface area (Å²) >= 11 is 14.4. The topological polar surface area (TPSA) is 12.0 Å². The Kier molecular flexibility index (Phi) is 6.09. The van der Waals surface area contributed by atoms with Gasteiger partial charge in [-0.3, -0.25) is 0 Å². The van der Waals surface area contributed by atoms with Gasteiger partial charge in [0.15, 0.2) is 0 Å². The van der Waals surface area contributed by atoms with Crippen LogP contribution in [0.4, 0.5) is 0 Å². The van der Waals surface area contributed by atoms with E-state index in [9.17, 15) is 0 Å². The van der Waals surface area contributed by atoms with Crippen molar-refractivity contribution in [1.82, 2.24) is 5.32 Å². The lowest BCUT2D eigenvalue weighted by Gasteiger charge is -2.34. The second kappa shape index (κ2) is 7.40. The van der Waals surface area contributed by atoms with Gasteiger partial charge in [0.25, 0.3) is 0 Å². The number of halogens is 2. The predicted molar refractivity (Wildman–Crippen MR) is 92.3 cm³/mol. The maximum atomic E-state index is 6.34. The van der Waals surface area contributed by atoms with E-state index in [2.05, 4.69) is 37.0 Å². The van der Waals surface area contributed by atoms with E-state index >= 15 is 0 Å². The fourth-order valence-electron chi connectivity index (χ4n) is 2.81. The molecule has 1 heterocycles. The van der Waals surface area contributed by atoms with Gasteiger partial charge in [-0.25, -0.2) is 0 Å². The molecule has 1 fully saturated rings. The fraction of sp³-hybridized carbons (Fsp3) is 0.625. The lowest BCUT2D eigenvalue weighted by molar-refractivity contribution is 0.399. The first-order valence-electron chi connectivity index (χ1n) is 7.36.